The molecule has 0 amide bonds. The Morgan fingerprint density at radius 3 is 2.60 bits per heavy atom. The average Bonchev–Trinajstić information content (AvgIpc) is 3.17. The molecule has 0 radical (unpaired) electrons. The maximum atomic E-state index is 10.1. The van der Waals surface area contributed by atoms with Crippen molar-refractivity contribution in [2.75, 3.05) is 7.11 Å². The lowest BCUT2D eigenvalue weighted by Gasteiger charge is -2.15. The average molecular weight is 402 g/mol. The minimum atomic E-state index is -0.0866. The minimum Gasteiger partial charge on any atom is -0.512 e. The van der Waals surface area contributed by atoms with Gasteiger partial charge in [0.25, 0.3) is 0 Å². The smallest absolute Gasteiger partial charge is 0.179 e. The van der Waals surface area contributed by atoms with Crippen LogP contribution in [0.2, 0.25) is 0 Å². The Hall–Kier alpha value is -3.81. The first-order chi connectivity index (χ1) is 14.4. The number of nitrogens with one attached hydrogen (secondary N) is 1. The first-order valence-corrected chi connectivity index (χ1v) is 9.50. The Morgan fingerprint density at radius 1 is 1.17 bits per heavy atom. The molecule has 0 fully saturated rings. The molecular formula is C22H22N6O2. The summed E-state index contributed by atoms with van der Waals surface area (Å²) in [5.74, 6) is 1.23. The molecule has 4 aromatic rings. The molecule has 1 atom stereocenters. The van der Waals surface area contributed by atoms with Gasteiger partial charge in [-0.25, -0.2) is 0 Å². The van der Waals surface area contributed by atoms with E-state index in [0.29, 0.717) is 28.0 Å². The van der Waals surface area contributed by atoms with Gasteiger partial charge in [0, 0.05) is 29.1 Å². The number of ether oxygens (including phenoxy) is 1. The summed E-state index contributed by atoms with van der Waals surface area (Å²) in [7, 11) is 1.56. The fourth-order valence-corrected chi connectivity index (χ4v) is 3.68. The van der Waals surface area contributed by atoms with Crippen LogP contribution in [0.3, 0.4) is 0 Å². The number of aliphatic hydroxyl groups is 1. The number of allylic oxidation sites excluding steroid dienone is 2. The molecule has 2 N–H and O–H groups in total. The van der Waals surface area contributed by atoms with Gasteiger partial charge >= 0.3 is 0 Å². The van der Waals surface area contributed by atoms with Gasteiger partial charge in [-0.1, -0.05) is 6.07 Å². The molecule has 0 bridgehead atoms. The zero-order chi connectivity index (χ0) is 21.4. The standard InChI is InChI=1S/C22H22N6O2/c1-12(16-7-5-6-8-24-16)22-27-26-20-11-25-17-9-15(21(13(2)23)14(3)29)19(30-4)10-18(17)28(20)22/h5-12,23,29H,1-4H3/b21-14+,23-13?. The van der Waals surface area contributed by atoms with Crippen LogP contribution in [-0.4, -0.2) is 42.5 Å². The third kappa shape index (κ3) is 3.16. The third-order valence-corrected chi connectivity index (χ3v) is 5.09. The molecule has 0 spiro atoms. The van der Waals surface area contributed by atoms with E-state index in [9.17, 15) is 5.11 Å². The molecule has 1 unspecified atom stereocenters. The highest BCUT2D eigenvalue weighted by Gasteiger charge is 2.21. The van der Waals surface area contributed by atoms with Crippen molar-refractivity contribution >= 4 is 28.0 Å². The summed E-state index contributed by atoms with van der Waals surface area (Å²) in [5.41, 5.74) is 4.22. The quantitative estimate of drug-likeness (QED) is 0.383. The Labute approximate surface area is 173 Å². The fourth-order valence-electron chi connectivity index (χ4n) is 3.68. The molecular weight excluding hydrogens is 380 g/mol. The van der Waals surface area contributed by atoms with Gasteiger partial charge in [0.2, 0.25) is 0 Å². The zero-order valence-electron chi connectivity index (χ0n) is 17.2. The number of methoxy groups -OCH3 is 1. The SMILES string of the molecule is COc1cc2c(cc1/C(C(C)=N)=C(\C)O)ncc1nnc(C(C)c3ccccn3)n12. The number of hydrogen-bond donors (Lipinski definition) is 2. The lowest BCUT2D eigenvalue weighted by molar-refractivity contribution is 0.409. The summed E-state index contributed by atoms with van der Waals surface area (Å²) >= 11 is 0. The number of benzene rings is 1. The second-order valence-electron chi connectivity index (χ2n) is 7.11. The maximum absolute atomic E-state index is 10.1. The fraction of sp³-hybridized carbons (Fsp3) is 0.227. The van der Waals surface area contributed by atoms with Gasteiger partial charge in [0.15, 0.2) is 5.65 Å². The molecule has 3 heterocycles. The third-order valence-electron chi connectivity index (χ3n) is 5.09. The molecule has 0 saturated heterocycles. The Morgan fingerprint density at radius 2 is 1.97 bits per heavy atom. The van der Waals surface area contributed by atoms with Gasteiger partial charge in [0.05, 0.1) is 41.7 Å². The summed E-state index contributed by atoms with van der Waals surface area (Å²) in [6.07, 6.45) is 3.42. The largest absolute Gasteiger partial charge is 0.512 e. The number of pyridine rings is 1. The van der Waals surface area contributed by atoms with Crippen molar-refractivity contribution in [3.8, 4) is 5.75 Å². The van der Waals surface area contributed by atoms with Gasteiger partial charge in [0.1, 0.15) is 11.6 Å². The highest BCUT2D eigenvalue weighted by Crippen LogP contribution is 2.33. The van der Waals surface area contributed by atoms with E-state index in [-0.39, 0.29) is 17.4 Å². The molecule has 0 aliphatic heterocycles. The number of aromatic nitrogens is 5. The summed E-state index contributed by atoms with van der Waals surface area (Å²) in [6.45, 7) is 5.22. The summed E-state index contributed by atoms with van der Waals surface area (Å²) in [5, 5.41) is 26.9. The van der Waals surface area contributed by atoms with Crippen molar-refractivity contribution in [2.24, 2.45) is 0 Å². The van der Waals surface area contributed by atoms with Crippen LogP contribution in [-0.2, 0) is 0 Å². The van der Waals surface area contributed by atoms with Crippen molar-refractivity contribution in [2.45, 2.75) is 26.7 Å². The predicted molar refractivity (Wildman–Crippen MR) is 115 cm³/mol. The lowest BCUT2D eigenvalue weighted by atomic mass is 9.98. The first kappa shape index (κ1) is 19.5. The first-order valence-electron chi connectivity index (χ1n) is 9.50. The van der Waals surface area contributed by atoms with Crippen molar-refractivity contribution in [1.82, 2.24) is 24.6 Å². The molecule has 0 saturated carbocycles. The van der Waals surface area contributed by atoms with Crippen LogP contribution in [0, 0.1) is 5.41 Å². The van der Waals surface area contributed by atoms with E-state index in [4.69, 9.17) is 10.1 Å². The lowest BCUT2D eigenvalue weighted by Crippen LogP contribution is -2.06. The summed E-state index contributed by atoms with van der Waals surface area (Å²) in [6, 6.07) is 9.44. The molecule has 3 aromatic heterocycles. The van der Waals surface area contributed by atoms with E-state index in [1.807, 2.05) is 41.7 Å². The van der Waals surface area contributed by atoms with Crippen molar-refractivity contribution < 1.29 is 9.84 Å². The monoisotopic (exact) mass is 402 g/mol. The second kappa shape index (κ2) is 7.55. The molecule has 0 aliphatic rings. The molecule has 8 heteroatoms. The van der Waals surface area contributed by atoms with Crippen LogP contribution in [0.25, 0.3) is 22.3 Å². The van der Waals surface area contributed by atoms with Gasteiger partial charge in [-0.05, 0) is 39.0 Å². The molecule has 8 nitrogen and oxygen atoms in total. The highest BCUT2D eigenvalue weighted by atomic mass is 16.5. The van der Waals surface area contributed by atoms with Crippen LogP contribution in [0.1, 0.15) is 43.8 Å². The van der Waals surface area contributed by atoms with Gasteiger partial charge < -0.3 is 15.3 Å². The minimum absolute atomic E-state index is 0.0509. The second-order valence-corrected chi connectivity index (χ2v) is 7.11. The van der Waals surface area contributed by atoms with E-state index >= 15 is 0 Å². The Balaban J connectivity index is 2.00. The number of fused-ring (bicyclic) bond motifs is 3. The van der Waals surface area contributed by atoms with Crippen LogP contribution in [0.15, 0.2) is 48.5 Å². The van der Waals surface area contributed by atoms with Gasteiger partial charge in [-0.3, -0.25) is 14.4 Å². The van der Waals surface area contributed by atoms with E-state index in [0.717, 1.165) is 17.0 Å². The number of rotatable bonds is 5. The van der Waals surface area contributed by atoms with E-state index in [1.165, 1.54) is 0 Å². The molecule has 1 aromatic carbocycles. The molecule has 0 aliphatic carbocycles. The van der Waals surface area contributed by atoms with Crippen molar-refractivity contribution in [3.05, 3.63) is 65.6 Å². The van der Waals surface area contributed by atoms with Crippen molar-refractivity contribution in [1.29, 1.82) is 5.41 Å². The van der Waals surface area contributed by atoms with E-state index in [1.54, 1.807) is 33.4 Å². The van der Waals surface area contributed by atoms with Crippen LogP contribution in [0.5, 0.6) is 5.75 Å². The zero-order valence-corrected chi connectivity index (χ0v) is 17.2. The molecule has 4 rings (SSSR count). The topological polar surface area (TPSA) is 109 Å². The van der Waals surface area contributed by atoms with Crippen LogP contribution >= 0.6 is 0 Å². The maximum Gasteiger partial charge on any atom is 0.179 e. The van der Waals surface area contributed by atoms with Gasteiger partial charge in [-0.2, -0.15) is 0 Å². The Bertz CT molecular complexity index is 1290. The number of nitrogens with zero attached hydrogens (tertiary/aromatic N) is 5. The Kier molecular flexibility index (Phi) is 4.91. The summed E-state index contributed by atoms with van der Waals surface area (Å²) < 4.78 is 7.55. The van der Waals surface area contributed by atoms with E-state index in [2.05, 4.69) is 20.2 Å². The number of aliphatic hydroxyl groups excluding tert-OH is 1. The van der Waals surface area contributed by atoms with Crippen LogP contribution in [0.4, 0.5) is 0 Å². The molecule has 30 heavy (non-hydrogen) atoms. The van der Waals surface area contributed by atoms with Crippen molar-refractivity contribution in [3.63, 3.8) is 0 Å². The number of hydrogen-bond acceptors (Lipinski definition) is 7. The predicted octanol–water partition coefficient (Wildman–Crippen LogP) is 4.16. The highest BCUT2D eigenvalue weighted by molar-refractivity contribution is 6.22. The van der Waals surface area contributed by atoms with Gasteiger partial charge in [-0.15, -0.1) is 10.2 Å². The molecule has 152 valence electrons. The normalized spacial score (nSPS) is 13.3. The van der Waals surface area contributed by atoms with Crippen LogP contribution < -0.4 is 4.74 Å². The van der Waals surface area contributed by atoms with E-state index < -0.39 is 0 Å². The summed E-state index contributed by atoms with van der Waals surface area (Å²) in [4.78, 5) is 8.98.